The van der Waals surface area contributed by atoms with E-state index in [0.29, 0.717) is 37.4 Å². The number of nitrogens with one attached hydrogen (secondary N) is 1. The highest BCUT2D eigenvalue weighted by molar-refractivity contribution is 7.17. The van der Waals surface area contributed by atoms with Gasteiger partial charge >= 0.3 is 5.97 Å². The maximum atomic E-state index is 12.8. The van der Waals surface area contributed by atoms with E-state index in [9.17, 15) is 14.4 Å². The molecule has 0 saturated carbocycles. The Morgan fingerprint density at radius 2 is 1.81 bits per heavy atom. The van der Waals surface area contributed by atoms with Crippen LogP contribution < -0.4 is 5.32 Å². The quantitative estimate of drug-likeness (QED) is 0.316. The van der Waals surface area contributed by atoms with Crippen molar-refractivity contribution in [2.24, 2.45) is 7.05 Å². The van der Waals surface area contributed by atoms with Crippen molar-refractivity contribution in [2.75, 3.05) is 12.4 Å². The Kier molecular flexibility index (Phi) is 6.54. The van der Waals surface area contributed by atoms with Gasteiger partial charge in [-0.3, -0.25) is 14.3 Å². The van der Waals surface area contributed by atoms with E-state index < -0.39 is 17.7 Å². The molecule has 1 aromatic carbocycles. The molecule has 0 aliphatic rings. The molecule has 2 heterocycles. The van der Waals surface area contributed by atoms with Gasteiger partial charge < -0.3 is 10.1 Å². The molecular formula is C21H19Cl2N3O4S. The number of hydrogen-bond acceptors (Lipinski definition) is 6. The molecule has 162 valence electrons. The van der Waals surface area contributed by atoms with Gasteiger partial charge in [-0.2, -0.15) is 5.10 Å². The van der Waals surface area contributed by atoms with E-state index in [1.807, 2.05) is 0 Å². The number of hydrogen-bond donors (Lipinski definition) is 1. The summed E-state index contributed by atoms with van der Waals surface area (Å²) in [5.74, 6) is -2.28. The lowest BCUT2D eigenvalue weighted by Crippen LogP contribution is -2.24. The molecule has 0 atom stereocenters. The second-order valence-corrected chi connectivity index (χ2v) is 8.87. The number of carbonyl (C=O) groups is 3. The van der Waals surface area contributed by atoms with E-state index in [1.54, 1.807) is 46.0 Å². The number of rotatable bonds is 5. The Morgan fingerprint density at radius 3 is 2.35 bits per heavy atom. The number of halogens is 2. The molecule has 2 aromatic heterocycles. The number of ether oxygens (including phenoxy) is 1. The van der Waals surface area contributed by atoms with Crippen LogP contribution in [0.4, 0.5) is 5.00 Å². The summed E-state index contributed by atoms with van der Waals surface area (Å²) in [4.78, 5) is 38.9. The first-order chi connectivity index (χ1) is 14.6. The highest BCUT2D eigenvalue weighted by Crippen LogP contribution is 2.43. The zero-order valence-electron chi connectivity index (χ0n) is 17.4. The number of aromatic nitrogens is 2. The SMILES string of the molecule is COC(=O)c1c(NC(=O)C(=O)c2c(C)nn(C)c2C)sc(C)c1-c1ccc(Cl)cc1Cl. The van der Waals surface area contributed by atoms with Crippen molar-refractivity contribution in [1.29, 1.82) is 0 Å². The van der Waals surface area contributed by atoms with Crippen molar-refractivity contribution >= 4 is 57.2 Å². The molecule has 0 bridgehead atoms. The van der Waals surface area contributed by atoms with Crippen LogP contribution in [0.1, 0.15) is 37.0 Å². The first-order valence-corrected chi connectivity index (χ1v) is 10.7. The molecule has 0 fully saturated rings. The topological polar surface area (TPSA) is 90.3 Å². The Bertz CT molecular complexity index is 1230. The van der Waals surface area contributed by atoms with Crippen LogP contribution in [-0.2, 0) is 16.6 Å². The number of amides is 1. The van der Waals surface area contributed by atoms with E-state index in [0.717, 1.165) is 11.3 Å². The summed E-state index contributed by atoms with van der Waals surface area (Å²) in [6.45, 7) is 5.14. The van der Waals surface area contributed by atoms with E-state index in [4.69, 9.17) is 27.9 Å². The zero-order valence-corrected chi connectivity index (χ0v) is 19.8. The molecule has 0 aliphatic heterocycles. The van der Waals surface area contributed by atoms with Gasteiger partial charge in [0.15, 0.2) is 0 Å². The number of methoxy groups -OCH3 is 1. The van der Waals surface area contributed by atoms with E-state index in [1.165, 1.54) is 11.8 Å². The van der Waals surface area contributed by atoms with Crippen LogP contribution in [-0.4, -0.2) is 34.6 Å². The third-order valence-electron chi connectivity index (χ3n) is 4.84. The van der Waals surface area contributed by atoms with Crippen LogP contribution in [0.5, 0.6) is 0 Å². The van der Waals surface area contributed by atoms with Crippen molar-refractivity contribution in [3.63, 3.8) is 0 Å². The summed E-state index contributed by atoms with van der Waals surface area (Å²) < 4.78 is 6.47. The standard InChI is InChI=1S/C21H19Cl2N3O4S/c1-9-15(10(2)26(4)25-9)18(27)19(28)24-20-17(21(29)30-5)16(11(3)31-20)13-7-6-12(22)8-14(13)23/h6-8H,1-5H3,(H,24,28). The second-order valence-electron chi connectivity index (χ2n) is 6.81. The molecule has 0 radical (unpaired) electrons. The molecule has 0 unspecified atom stereocenters. The van der Waals surface area contributed by atoms with Gasteiger partial charge in [0.05, 0.1) is 18.4 Å². The number of ketones is 1. The zero-order chi connectivity index (χ0) is 23.0. The van der Waals surface area contributed by atoms with Crippen molar-refractivity contribution in [3.8, 4) is 11.1 Å². The van der Waals surface area contributed by atoms with Crippen molar-refractivity contribution < 1.29 is 19.1 Å². The number of carbonyl (C=O) groups excluding carboxylic acids is 3. The molecule has 0 aliphatic carbocycles. The molecule has 10 heteroatoms. The third-order valence-corrected chi connectivity index (χ3v) is 6.41. The van der Waals surface area contributed by atoms with Crippen LogP contribution in [0.2, 0.25) is 10.0 Å². The van der Waals surface area contributed by atoms with Gasteiger partial charge in [-0.25, -0.2) is 4.79 Å². The fraction of sp³-hybridized carbons (Fsp3) is 0.238. The van der Waals surface area contributed by atoms with Crippen LogP contribution in [0.3, 0.4) is 0 Å². The molecular weight excluding hydrogens is 461 g/mol. The number of nitrogens with zero attached hydrogens (tertiary/aromatic N) is 2. The lowest BCUT2D eigenvalue weighted by molar-refractivity contribution is -0.112. The summed E-state index contributed by atoms with van der Waals surface area (Å²) in [5, 5.41) is 7.73. The first kappa shape index (κ1) is 23.0. The summed E-state index contributed by atoms with van der Waals surface area (Å²) in [5.41, 5.74) is 2.44. The Hall–Kier alpha value is -2.68. The molecule has 31 heavy (non-hydrogen) atoms. The lowest BCUT2D eigenvalue weighted by Gasteiger charge is -2.09. The Morgan fingerprint density at radius 1 is 1.13 bits per heavy atom. The smallest absolute Gasteiger partial charge is 0.341 e. The van der Waals surface area contributed by atoms with Crippen molar-refractivity contribution in [2.45, 2.75) is 20.8 Å². The second kappa shape index (κ2) is 8.82. The monoisotopic (exact) mass is 479 g/mol. The molecule has 1 amide bonds. The minimum atomic E-state index is -0.876. The molecule has 7 nitrogen and oxygen atoms in total. The largest absolute Gasteiger partial charge is 0.465 e. The van der Waals surface area contributed by atoms with Crippen molar-refractivity contribution in [1.82, 2.24) is 9.78 Å². The first-order valence-electron chi connectivity index (χ1n) is 9.09. The molecule has 1 N–H and O–H groups in total. The molecule has 0 spiro atoms. The summed E-state index contributed by atoms with van der Waals surface area (Å²) in [6, 6.07) is 4.90. The minimum absolute atomic E-state index is 0.120. The third kappa shape index (κ3) is 4.23. The van der Waals surface area contributed by atoms with E-state index >= 15 is 0 Å². The maximum Gasteiger partial charge on any atom is 0.341 e. The van der Waals surface area contributed by atoms with E-state index in [-0.39, 0.29) is 16.1 Å². The fourth-order valence-corrected chi connectivity index (χ4v) is 4.88. The number of thiophene rings is 1. The fourth-order valence-electron chi connectivity index (χ4n) is 3.32. The predicted octanol–water partition coefficient (Wildman–Crippen LogP) is 4.99. The van der Waals surface area contributed by atoms with Gasteiger partial charge in [-0.05, 0) is 32.9 Å². The van der Waals surface area contributed by atoms with Crippen LogP contribution in [0, 0.1) is 20.8 Å². The molecule has 3 aromatic rings. The minimum Gasteiger partial charge on any atom is -0.465 e. The van der Waals surface area contributed by atoms with Crippen LogP contribution >= 0.6 is 34.5 Å². The summed E-state index contributed by atoms with van der Waals surface area (Å²) in [6.07, 6.45) is 0. The van der Waals surface area contributed by atoms with Gasteiger partial charge in [0.1, 0.15) is 10.6 Å². The normalized spacial score (nSPS) is 10.8. The number of benzene rings is 1. The number of aryl methyl sites for hydroxylation is 3. The van der Waals surface area contributed by atoms with Gasteiger partial charge in [0, 0.05) is 38.8 Å². The maximum absolute atomic E-state index is 12.8. The van der Waals surface area contributed by atoms with Gasteiger partial charge in [-0.15, -0.1) is 11.3 Å². The van der Waals surface area contributed by atoms with Crippen LogP contribution in [0.15, 0.2) is 18.2 Å². The Labute approximate surface area is 192 Å². The Balaban J connectivity index is 2.07. The average Bonchev–Trinajstić information content (AvgIpc) is 3.15. The predicted molar refractivity (Wildman–Crippen MR) is 121 cm³/mol. The van der Waals surface area contributed by atoms with Gasteiger partial charge in [0.25, 0.3) is 11.7 Å². The van der Waals surface area contributed by atoms with Crippen molar-refractivity contribution in [3.05, 3.63) is 55.6 Å². The van der Waals surface area contributed by atoms with Gasteiger partial charge in [0.2, 0.25) is 0 Å². The highest BCUT2D eigenvalue weighted by Gasteiger charge is 2.29. The van der Waals surface area contributed by atoms with E-state index in [2.05, 4.69) is 10.4 Å². The van der Waals surface area contributed by atoms with Gasteiger partial charge in [-0.1, -0.05) is 29.3 Å². The average molecular weight is 480 g/mol. The van der Waals surface area contributed by atoms with Crippen LogP contribution in [0.25, 0.3) is 11.1 Å². The lowest BCUT2D eigenvalue weighted by atomic mass is 10.0. The number of anilines is 1. The summed E-state index contributed by atoms with van der Waals surface area (Å²) in [7, 11) is 2.93. The summed E-state index contributed by atoms with van der Waals surface area (Å²) >= 11 is 13.5. The number of Topliss-reactive ketones (excluding diaryl/α,β-unsaturated/α-hetero) is 1. The molecule has 3 rings (SSSR count). The number of esters is 1. The highest BCUT2D eigenvalue weighted by atomic mass is 35.5. The molecule has 0 saturated heterocycles.